The Morgan fingerprint density at radius 2 is 1.85 bits per heavy atom. The molecule has 3 aromatic rings. The van der Waals surface area contributed by atoms with E-state index in [0.717, 1.165) is 5.56 Å². The number of carbonyl (C=O) groups excluding carboxylic acids is 2. The number of esters is 2. The topological polar surface area (TPSA) is 74.2 Å². The number of aliphatic imine (C=N–C) groups is 1. The second-order valence-corrected chi connectivity index (χ2v) is 8.67. The molecule has 0 unspecified atom stereocenters. The number of rotatable bonds is 5. The van der Waals surface area contributed by atoms with Crippen molar-refractivity contribution < 1.29 is 23.8 Å². The molecule has 0 atom stereocenters. The van der Waals surface area contributed by atoms with E-state index >= 15 is 0 Å². The number of benzene rings is 3. The number of carbonyl (C=O) groups is 2. The number of hydrogen-bond acceptors (Lipinski definition) is 6. The van der Waals surface area contributed by atoms with Gasteiger partial charge in [-0.25, -0.2) is 14.6 Å². The summed E-state index contributed by atoms with van der Waals surface area (Å²) in [6, 6.07) is 17.6. The average Bonchev–Trinajstić information content (AvgIpc) is 3.16. The van der Waals surface area contributed by atoms with Crippen LogP contribution in [0.3, 0.4) is 0 Å². The van der Waals surface area contributed by atoms with Crippen LogP contribution in [0.25, 0.3) is 6.08 Å². The standard InChI is InChI=1S/C25H17ClINO5/c1-14-7-9-16(10-8-14)23-28-20(25(30)33-23)12-15-11-19(27)22(21(13-15)31-2)32-24(29)17-5-3-4-6-18(17)26/h3-13H,1-2H3/b20-12-. The Morgan fingerprint density at radius 1 is 1.12 bits per heavy atom. The van der Waals surface area contributed by atoms with Crippen molar-refractivity contribution in [1.29, 1.82) is 0 Å². The zero-order valence-electron chi connectivity index (χ0n) is 17.6. The van der Waals surface area contributed by atoms with Crippen LogP contribution in [0.4, 0.5) is 0 Å². The summed E-state index contributed by atoms with van der Waals surface area (Å²) in [5, 5.41) is 0.291. The van der Waals surface area contributed by atoms with E-state index in [1.807, 2.05) is 53.8 Å². The SMILES string of the molecule is COc1cc(/C=C2\N=C(c3ccc(C)cc3)OC2=O)cc(I)c1OC(=O)c1ccccc1Cl. The molecule has 33 heavy (non-hydrogen) atoms. The predicted molar refractivity (Wildman–Crippen MR) is 134 cm³/mol. The van der Waals surface area contributed by atoms with Crippen LogP contribution in [0.15, 0.2) is 71.4 Å². The molecule has 0 bridgehead atoms. The summed E-state index contributed by atoms with van der Waals surface area (Å²) in [6.07, 6.45) is 1.59. The molecule has 1 aliphatic rings. The van der Waals surface area contributed by atoms with Gasteiger partial charge in [0.1, 0.15) is 0 Å². The summed E-state index contributed by atoms with van der Waals surface area (Å²) in [7, 11) is 1.46. The normalized spacial score (nSPS) is 14.1. The molecule has 0 aromatic heterocycles. The summed E-state index contributed by atoms with van der Waals surface area (Å²) >= 11 is 8.13. The maximum atomic E-state index is 12.6. The number of cyclic esters (lactones) is 1. The van der Waals surface area contributed by atoms with Gasteiger partial charge in [-0.3, -0.25) is 0 Å². The third-order valence-electron chi connectivity index (χ3n) is 4.76. The van der Waals surface area contributed by atoms with Crippen LogP contribution in [0, 0.1) is 10.5 Å². The van der Waals surface area contributed by atoms with E-state index in [9.17, 15) is 9.59 Å². The summed E-state index contributed by atoms with van der Waals surface area (Å²) < 4.78 is 16.9. The first kappa shape index (κ1) is 23.0. The zero-order chi connectivity index (χ0) is 23.5. The van der Waals surface area contributed by atoms with E-state index in [2.05, 4.69) is 4.99 Å². The smallest absolute Gasteiger partial charge is 0.363 e. The van der Waals surface area contributed by atoms with Crippen LogP contribution in [-0.2, 0) is 9.53 Å². The molecular formula is C25H17ClINO5. The first-order valence-electron chi connectivity index (χ1n) is 9.79. The fourth-order valence-corrected chi connectivity index (χ4v) is 4.03. The van der Waals surface area contributed by atoms with Gasteiger partial charge >= 0.3 is 11.9 Å². The van der Waals surface area contributed by atoms with E-state index in [1.165, 1.54) is 7.11 Å². The van der Waals surface area contributed by atoms with Crippen molar-refractivity contribution >= 4 is 58.1 Å². The van der Waals surface area contributed by atoms with Gasteiger partial charge in [-0.2, -0.15) is 0 Å². The van der Waals surface area contributed by atoms with Crippen LogP contribution >= 0.6 is 34.2 Å². The maximum absolute atomic E-state index is 12.6. The molecule has 0 spiro atoms. The molecule has 3 aromatic carbocycles. The van der Waals surface area contributed by atoms with Gasteiger partial charge in [0.15, 0.2) is 17.2 Å². The van der Waals surface area contributed by atoms with Crippen molar-refractivity contribution in [3.63, 3.8) is 0 Å². The van der Waals surface area contributed by atoms with Crippen LogP contribution in [0.5, 0.6) is 11.5 Å². The minimum Gasteiger partial charge on any atom is -0.493 e. The Hall–Kier alpha value is -3.17. The zero-order valence-corrected chi connectivity index (χ0v) is 20.5. The Bertz CT molecular complexity index is 1310. The molecule has 0 saturated carbocycles. The molecule has 166 valence electrons. The largest absolute Gasteiger partial charge is 0.493 e. The Balaban J connectivity index is 1.63. The number of nitrogens with zero attached hydrogens (tertiary/aromatic N) is 1. The lowest BCUT2D eigenvalue weighted by atomic mass is 10.1. The minimum absolute atomic E-state index is 0.157. The molecule has 1 aliphatic heterocycles. The third kappa shape index (κ3) is 5.09. The highest BCUT2D eigenvalue weighted by Gasteiger charge is 2.25. The number of methoxy groups -OCH3 is 1. The molecule has 0 radical (unpaired) electrons. The molecule has 8 heteroatoms. The summed E-state index contributed by atoms with van der Waals surface area (Å²) in [5.41, 5.74) is 2.84. The van der Waals surface area contributed by atoms with Crippen LogP contribution in [-0.4, -0.2) is 24.9 Å². The molecule has 0 fully saturated rings. The highest BCUT2D eigenvalue weighted by atomic mass is 127. The van der Waals surface area contributed by atoms with Crippen molar-refractivity contribution in [2.45, 2.75) is 6.92 Å². The molecule has 0 saturated heterocycles. The number of aryl methyl sites for hydroxylation is 1. The predicted octanol–water partition coefficient (Wildman–Crippen LogP) is 5.83. The molecule has 6 nitrogen and oxygen atoms in total. The lowest BCUT2D eigenvalue weighted by Crippen LogP contribution is -2.11. The number of halogens is 2. The molecule has 0 amide bonds. The van der Waals surface area contributed by atoms with Gasteiger partial charge in [-0.15, -0.1) is 0 Å². The van der Waals surface area contributed by atoms with Crippen LogP contribution in [0.2, 0.25) is 5.02 Å². The van der Waals surface area contributed by atoms with E-state index in [0.29, 0.717) is 25.5 Å². The molecule has 0 N–H and O–H groups in total. The van der Waals surface area contributed by atoms with Gasteiger partial charge in [0.2, 0.25) is 5.90 Å². The molecule has 1 heterocycles. The van der Waals surface area contributed by atoms with Gasteiger partial charge in [0, 0.05) is 5.56 Å². The first-order valence-corrected chi connectivity index (χ1v) is 11.2. The quantitative estimate of drug-likeness (QED) is 0.166. The summed E-state index contributed by atoms with van der Waals surface area (Å²) in [5.74, 6) is -0.326. The van der Waals surface area contributed by atoms with Crippen molar-refractivity contribution in [2.24, 2.45) is 4.99 Å². The van der Waals surface area contributed by atoms with E-state index in [1.54, 1.807) is 42.5 Å². The molecular weight excluding hydrogens is 557 g/mol. The van der Waals surface area contributed by atoms with Gasteiger partial charge in [-0.05, 0) is 77.6 Å². The van der Waals surface area contributed by atoms with Crippen molar-refractivity contribution in [3.05, 3.63) is 97.2 Å². The Kier molecular flexibility index (Phi) is 6.80. The van der Waals surface area contributed by atoms with E-state index < -0.39 is 11.9 Å². The summed E-state index contributed by atoms with van der Waals surface area (Å²) in [4.78, 5) is 29.3. The summed E-state index contributed by atoms with van der Waals surface area (Å²) in [6.45, 7) is 1.97. The lowest BCUT2D eigenvalue weighted by Gasteiger charge is -2.13. The fourth-order valence-electron chi connectivity index (χ4n) is 3.08. The highest BCUT2D eigenvalue weighted by Crippen LogP contribution is 2.36. The third-order valence-corrected chi connectivity index (χ3v) is 5.89. The minimum atomic E-state index is -0.602. The monoisotopic (exact) mass is 573 g/mol. The fraction of sp³-hybridized carbons (Fsp3) is 0.0800. The van der Waals surface area contributed by atoms with Crippen LogP contribution < -0.4 is 9.47 Å². The van der Waals surface area contributed by atoms with Crippen LogP contribution in [0.1, 0.15) is 27.0 Å². The highest BCUT2D eigenvalue weighted by molar-refractivity contribution is 14.1. The van der Waals surface area contributed by atoms with Gasteiger partial charge in [-0.1, -0.05) is 41.4 Å². The van der Waals surface area contributed by atoms with Crippen molar-refractivity contribution in [2.75, 3.05) is 7.11 Å². The molecule has 0 aliphatic carbocycles. The maximum Gasteiger partial charge on any atom is 0.363 e. The van der Waals surface area contributed by atoms with Gasteiger partial charge < -0.3 is 14.2 Å². The average molecular weight is 574 g/mol. The lowest BCUT2D eigenvalue weighted by molar-refractivity contribution is -0.129. The Morgan fingerprint density at radius 3 is 2.55 bits per heavy atom. The van der Waals surface area contributed by atoms with Crippen molar-refractivity contribution in [1.82, 2.24) is 0 Å². The Labute approximate surface area is 209 Å². The number of hydrogen-bond donors (Lipinski definition) is 0. The van der Waals surface area contributed by atoms with Gasteiger partial charge in [0.05, 0.1) is 21.3 Å². The van der Waals surface area contributed by atoms with Gasteiger partial charge in [0.25, 0.3) is 0 Å². The second kappa shape index (κ2) is 9.76. The second-order valence-electron chi connectivity index (χ2n) is 7.11. The van der Waals surface area contributed by atoms with Crippen molar-refractivity contribution in [3.8, 4) is 11.5 Å². The van der Waals surface area contributed by atoms with E-state index in [-0.39, 0.29) is 22.9 Å². The number of ether oxygens (including phenoxy) is 3. The first-order chi connectivity index (χ1) is 15.9. The molecule has 4 rings (SSSR count). The van der Waals surface area contributed by atoms with E-state index in [4.69, 9.17) is 25.8 Å².